The van der Waals surface area contributed by atoms with Crippen molar-refractivity contribution in [1.82, 2.24) is 10.4 Å². The fraction of sp³-hybridized carbons (Fsp3) is 0.500. The fourth-order valence-corrected chi connectivity index (χ4v) is 3.10. The Morgan fingerprint density at radius 2 is 2.15 bits per heavy atom. The molecule has 1 saturated heterocycles. The molecule has 26 heavy (non-hydrogen) atoms. The van der Waals surface area contributed by atoms with Crippen molar-refractivity contribution in [2.75, 3.05) is 13.2 Å². The van der Waals surface area contributed by atoms with Crippen molar-refractivity contribution in [2.24, 2.45) is 0 Å². The molecule has 6 nitrogen and oxygen atoms in total. The van der Waals surface area contributed by atoms with Crippen LogP contribution in [0.4, 0.5) is 13.2 Å². The average Bonchev–Trinajstić information content (AvgIpc) is 2.53. The van der Waals surface area contributed by atoms with Crippen molar-refractivity contribution >= 4 is 23.6 Å². The normalized spacial score (nSPS) is 16.8. The lowest BCUT2D eigenvalue weighted by Crippen LogP contribution is -2.57. The maximum absolute atomic E-state index is 12.8. The Morgan fingerprint density at radius 1 is 1.42 bits per heavy atom. The van der Waals surface area contributed by atoms with Gasteiger partial charge in [0.25, 0.3) is 11.8 Å². The van der Waals surface area contributed by atoms with Gasteiger partial charge in [0.2, 0.25) is 0 Å². The van der Waals surface area contributed by atoms with E-state index in [0.29, 0.717) is 12.8 Å². The molecular weight excluding hydrogens is 373 g/mol. The van der Waals surface area contributed by atoms with Crippen molar-refractivity contribution < 1.29 is 32.7 Å². The Kier molecular flexibility index (Phi) is 6.76. The van der Waals surface area contributed by atoms with E-state index in [9.17, 15) is 22.8 Å². The van der Waals surface area contributed by atoms with E-state index in [1.54, 1.807) is 0 Å². The highest BCUT2D eigenvalue weighted by Gasteiger charge is 2.38. The molecule has 1 atom stereocenters. The Hall–Kier alpha value is -1.94. The summed E-state index contributed by atoms with van der Waals surface area (Å²) in [5.41, 5.74) is -3.03. The molecule has 10 heteroatoms. The van der Waals surface area contributed by atoms with Gasteiger partial charge in [-0.15, -0.1) is 0 Å². The summed E-state index contributed by atoms with van der Waals surface area (Å²) in [5.74, 6) is -1.24. The van der Waals surface area contributed by atoms with Crippen molar-refractivity contribution in [3.05, 3.63) is 23.8 Å². The van der Waals surface area contributed by atoms with E-state index in [1.165, 1.54) is 22.5 Å². The van der Waals surface area contributed by atoms with Gasteiger partial charge in [0.1, 0.15) is 11.8 Å². The van der Waals surface area contributed by atoms with Gasteiger partial charge in [-0.2, -0.15) is 13.2 Å². The summed E-state index contributed by atoms with van der Waals surface area (Å²) < 4.78 is 43.9. The van der Waals surface area contributed by atoms with Crippen molar-refractivity contribution in [3.8, 4) is 5.75 Å². The lowest BCUT2D eigenvalue weighted by Gasteiger charge is -2.39. The van der Waals surface area contributed by atoms with Gasteiger partial charge in [-0.1, -0.05) is 13.3 Å². The molecule has 1 aliphatic rings. The minimum Gasteiger partial charge on any atom is -0.492 e. The van der Waals surface area contributed by atoms with Crippen LogP contribution >= 0.6 is 11.8 Å². The third-order valence-electron chi connectivity index (χ3n) is 3.87. The second-order valence-electron chi connectivity index (χ2n) is 5.69. The molecule has 0 saturated carbocycles. The Balaban J connectivity index is 2.22. The van der Waals surface area contributed by atoms with Crippen LogP contribution in [-0.4, -0.2) is 46.6 Å². The molecule has 0 unspecified atom stereocenters. The van der Waals surface area contributed by atoms with Crippen molar-refractivity contribution in [2.45, 2.75) is 42.6 Å². The van der Waals surface area contributed by atoms with E-state index in [4.69, 9.17) is 9.94 Å². The first kappa shape index (κ1) is 20.4. The van der Waals surface area contributed by atoms with E-state index in [0.717, 1.165) is 12.5 Å². The third-order valence-corrected chi connectivity index (χ3v) is 4.64. The van der Waals surface area contributed by atoms with Crippen LogP contribution in [0.5, 0.6) is 5.75 Å². The van der Waals surface area contributed by atoms with Gasteiger partial charge >= 0.3 is 5.51 Å². The Labute approximate surface area is 152 Å². The van der Waals surface area contributed by atoms with Crippen LogP contribution in [0.1, 0.15) is 36.5 Å². The van der Waals surface area contributed by atoms with Crippen LogP contribution in [-0.2, 0) is 4.79 Å². The number of amides is 2. The van der Waals surface area contributed by atoms with E-state index in [2.05, 4.69) is 0 Å². The zero-order valence-corrected chi connectivity index (χ0v) is 14.8. The smallest absolute Gasteiger partial charge is 0.446 e. The number of rotatable bonds is 7. The molecule has 2 rings (SSSR count). The van der Waals surface area contributed by atoms with Gasteiger partial charge < -0.3 is 9.64 Å². The lowest BCUT2D eigenvalue weighted by atomic mass is 10.0. The van der Waals surface area contributed by atoms with Crippen LogP contribution in [0.25, 0.3) is 0 Å². The number of hydroxylamine groups is 1. The molecule has 1 aliphatic heterocycles. The maximum atomic E-state index is 12.8. The number of benzene rings is 1. The van der Waals surface area contributed by atoms with Gasteiger partial charge in [-0.05, 0) is 42.8 Å². The highest BCUT2D eigenvalue weighted by Crippen LogP contribution is 2.42. The first-order valence-corrected chi connectivity index (χ1v) is 8.86. The largest absolute Gasteiger partial charge is 0.492 e. The lowest BCUT2D eigenvalue weighted by molar-refractivity contribution is -0.137. The molecule has 0 spiro atoms. The molecule has 144 valence electrons. The van der Waals surface area contributed by atoms with E-state index in [1.807, 2.05) is 6.92 Å². The minimum atomic E-state index is -4.53. The predicted octanol–water partition coefficient (Wildman–Crippen LogP) is 3.20. The number of hydrogen-bond acceptors (Lipinski definition) is 5. The second-order valence-corrected chi connectivity index (χ2v) is 6.80. The minimum absolute atomic E-state index is 0.0232. The molecule has 2 amide bonds. The topological polar surface area (TPSA) is 78.9 Å². The number of likely N-dealkylation sites (tertiary alicyclic amines) is 1. The van der Waals surface area contributed by atoms with Crippen molar-refractivity contribution in [3.63, 3.8) is 0 Å². The van der Waals surface area contributed by atoms with Gasteiger partial charge in [-0.25, -0.2) is 5.48 Å². The standard InChI is InChI=1S/C16H19F3N2O4S/c1-2-3-8-25-12-5-4-10(9-13(12)26-16(17,18)19)15(23)21-7-6-11(21)14(22)20-24/h4-5,9,11,24H,2-3,6-8H2,1H3,(H,20,22)/t11-/m1/s1. The Morgan fingerprint density at radius 3 is 2.69 bits per heavy atom. The Bertz CT molecular complexity index is 669. The number of ether oxygens (including phenoxy) is 1. The molecule has 0 aliphatic carbocycles. The highest BCUT2D eigenvalue weighted by molar-refractivity contribution is 8.00. The van der Waals surface area contributed by atoms with Crippen LogP contribution in [0.2, 0.25) is 0 Å². The molecule has 0 radical (unpaired) electrons. The summed E-state index contributed by atoms with van der Waals surface area (Å²) in [5, 5.41) is 8.67. The number of halogens is 3. The van der Waals surface area contributed by atoms with Gasteiger partial charge in [0.15, 0.2) is 0 Å². The number of carbonyl (C=O) groups excluding carboxylic acids is 2. The second kappa shape index (κ2) is 8.63. The SMILES string of the molecule is CCCCOc1ccc(C(=O)N2CC[C@@H]2C(=O)NO)cc1SC(F)(F)F. The van der Waals surface area contributed by atoms with E-state index >= 15 is 0 Å². The molecule has 1 aromatic rings. The fourth-order valence-electron chi connectivity index (χ4n) is 2.43. The molecule has 0 aromatic heterocycles. The van der Waals surface area contributed by atoms with Crippen LogP contribution in [0.15, 0.2) is 23.1 Å². The predicted molar refractivity (Wildman–Crippen MR) is 88.1 cm³/mol. The summed E-state index contributed by atoms with van der Waals surface area (Å²) in [6, 6.07) is 2.99. The molecule has 1 heterocycles. The highest BCUT2D eigenvalue weighted by atomic mass is 32.2. The molecule has 1 fully saturated rings. The van der Waals surface area contributed by atoms with Crippen LogP contribution in [0.3, 0.4) is 0 Å². The number of carbonyl (C=O) groups is 2. The summed E-state index contributed by atoms with van der Waals surface area (Å²) >= 11 is -0.349. The number of unbranched alkanes of at least 4 members (excludes halogenated alkanes) is 1. The third kappa shape index (κ3) is 5.04. The van der Waals surface area contributed by atoms with Crippen LogP contribution in [0, 0.1) is 0 Å². The summed E-state index contributed by atoms with van der Waals surface area (Å²) in [7, 11) is 0. The maximum Gasteiger partial charge on any atom is 0.446 e. The zero-order chi connectivity index (χ0) is 19.3. The quantitative estimate of drug-likeness (QED) is 0.322. The number of thioether (sulfide) groups is 1. The summed E-state index contributed by atoms with van der Waals surface area (Å²) in [6.07, 6.45) is 1.91. The number of hydrogen-bond donors (Lipinski definition) is 2. The molecule has 1 aromatic carbocycles. The molecule has 2 N–H and O–H groups in total. The van der Waals surface area contributed by atoms with Gasteiger partial charge in [0.05, 0.1) is 11.5 Å². The summed E-state index contributed by atoms with van der Waals surface area (Å²) in [4.78, 5) is 24.9. The first-order valence-electron chi connectivity index (χ1n) is 8.04. The van der Waals surface area contributed by atoms with E-state index in [-0.39, 0.29) is 41.1 Å². The zero-order valence-electron chi connectivity index (χ0n) is 14.0. The number of alkyl halides is 3. The van der Waals surface area contributed by atoms with Gasteiger partial charge in [-0.3, -0.25) is 14.8 Å². The average molecular weight is 392 g/mol. The van der Waals surface area contributed by atoms with Gasteiger partial charge in [0, 0.05) is 12.1 Å². The number of nitrogens with zero attached hydrogens (tertiary/aromatic N) is 1. The molecular formula is C16H19F3N2O4S. The van der Waals surface area contributed by atoms with E-state index < -0.39 is 23.4 Å². The first-order chi connectivity index (χ1) is 12.3. The van der Waals surface area contributed by atoms with Crippen LogP contribution < -0.4 is 10.2 Å². The molecule has 0 bridgehead atoms. The summed E-state index contributed by atoms with van der Waals surface area (Å²) in [6.45, 7) is 2.50. The van der Waals surface area contributed by atoms with Crippen molar-refractivity contribution in [1.29, 1.82) is 0 Å². The monoisotopic (exact) mass is 392 g/mol. The number of nitrogens with one attached hydrogen (secondary N) is 1.